The number of allylic oxidation sites excluding steroid dienone is 5. The fourth-order valence-electron chi connectivity index (χ4n) is 8.92. The molecule has 0 aromatic heterocycles. The van der Waals surface area contributed by atoms with Crippen LogP contribution in [0.2, 0.25) is 0 Å². The molecule has 6 aromatic rings. The largest absolute Gasteiger partial charge is 0.506 e. The van der Waals surface area contributed by atoms with E-state index in [1.807, 2.05) is 78.9 Å². The van der Waals surface area contributed by atoms with Gasteiger partial charge in [-0.3, -0.25) is 9.79 Å². The van der Waals surface area contributed by atoms with Crippen LogP contribution < -0.4 is 5.32 Å². The summed E-state index contributed by atoms with van der Waals surface area (Å²) in [6.07, 6.45) is 6.57. The van der Waals surface area contributed by atoms with Gasteiger partial charge < -0.3 is 19.9 Å². The number of fused-ring (bicyclic) bond motifs is 5. The van der Waals surface area contributed by atoms with Crippen molar-refractivity contribution < 1.29 is 29.0 Å². The number of Topliss-reactive ketones (excluding diaryl/α,β-unsaturated/α-hetero) is 1. The Morgan fingerprint density at radius 1 is 0.694 bits per heavy atom. The quantitative estimate of drug-likeness (QED) is 0.0718. The summed E-state index contributed by atoms with van der Waals surface area (Å²) < 4.78 is 11.3. The molecule has 1 aliphatic carbocycles. The minimum Gasteiger partial charge on any atom is -0.506 e. The average Bonchev–Trinajstić information content (AvgIpc) is 3.69. The van der Waals surface area contributed by atoms with Crippen LogP contribution in [0.15, 0.2) is 161 Å². The van der Waals surface area contributed by atoms with Gasteiger partial charge in [0.05, 0.1) is 46.9 Å². The first-order chi connectivity index (χ1) is 29.9. The van der Waals surface area contributed by atoms with Gasteiger partial charge in [-0.2, -0.15) is 0 Å². The Kier molecular flexibility index (Phi) is 10.5. The molecule has 0 radical (unpaired) electrons. The number of ketones is 1. The number of nitrogens with zero attached hydrogens (tertiary/aromatic N) is 1. The number of ether oxygens (including phenoxy) is 2. The number of hydrogen-bond acceptors (Lipinski definition) is 8. The van der Waals surface area contributed by atoms with Crippen LogP contribution in [-0.2, 0) is 37.9 Å². The topological polar surface area (TPSA) is 114 Å². The number of aliphatic hydroxyl groups is 1. The number of anilines is 1. The van der Waals surface area contributed by atoms with Crippen molar-refractivity contribution in [2.24, 2.45) is 4.99 Å². The fourth-order valence-corrected chi connectivity index (χ4v) is 8.92. The molecule has 0 saturated heterocycles. The number of rotatable bonds is 12. The molecule has 2 heterocycles. The summed E-state index contributed by atoms with van der Waals surface area (Å²) in [5.74, 6) is -1.07. The van der Waals surface area contributed by atoms with Crippen LogP contribution in [0.3, 0.4) is 0 Å². The third-order valence-electron chi connectivity index (χ3n) is 12.5. The zero-order valence-corrected chi connectivity index (χ0v) is 35.4. The summed E-state index contributed by atoms with van der Waals surface area (Å²) in [5.41, 5.74) is 7.74. The van der Waals surface area contributed by atoms with Crippen LogP contribution >= 0.6 is 0 Å². The number of aliphatic imine (C=N–C) groups is 1. The first-order valence-electron chi connectivity index (χ1n) is 21.2. The molecule has 0 fully saturated rings. The summed E-state index contributed by atoms with van der Waals surface area (Å²) >= 11 is 0. The second-order valence-corrected chi connectivity index (χ2v) is 17.3. The molecule has 310 valence electrons. The van der Waals surface area contributed by atoms with Gasteiger partial charge in [0.1, 0.15) is 5.76 Å². The van der Waals surface area contributed by atoms with Gasteiger partial charge >= 0.3 is 11.9 Å². The van der Waals surface area contributed by atoms with E-state index < -0.39 is 10.8 Å². The van der Waals surface area contributed by atoms with Gasteiger partial charge in [-0.25, -0.2) is 9.59 Å². The summed E-state index contributed by atoms with van der Waals surface area (Å²) in [5, 5.41) is 18.4. The van der Waals surface area contributed by atoms with E-state index >= 15 is 0 Å². The molecule has 0 atom stereocenters. The number of aliphatic hydroxyl groups excluding tert-OH is 1. The number of aryl methyl sites for hydroxylation is 2. The Balaban J connectivity index is 0.908. The molecular formula is C54H48N2O6. The highest BCUT2D eigenvalue weighted by atomic mass is 16.5. The van der Waals surface area contributed by atoms with Gasteiger partial charge in [-0.15, -0.1) is 0 Å². The van der Waals surface area contributed by atoms with Gasteiger partial charge in [-0.1, -0.05) is 113 Å². The van der Waals surface area contributed by atoms with E-state index in [1.54, 1.807) is 24.3 Å². The van der Waals surface area contributed by atoms with Crippen LogP contribution in [0.4, 0.5) is 11.4 Å². The summed E-state index contributed by atoms with van der Waals surface area (Å²) in [4.78, 5) is 45.0. The van der Waals surface area contributed by atoms with Crippen molar-refractivity contribution in [3.8, 4) is 0 Å². The maximum atomic E-state index is 13.8. The first-order valence-corrected chi connectivity index (χ1v) is 21.2. The second-order valence-electron chi connectivity index (χ2n) is 17.3. The number of benzene rings is 6. The molecule has 0 saturated carbocycles. The molecule has 2 aliphatic heterocycles. The predicted octanol–water partition coefficient (Wildman–Crippen LogP) is 11.5. The summed E-state index contributed by atoms with van der Waals surface area (Å²) in [7, 11) is 0. The Labute approximate surface area is 361 Å². The standard InChI is InChI=1S/C54H48N2O6/c1-53(2)43-29-35-22-23-36(51(59)61-26-12-18-33-14-7-5-8-15-33)28-37(35)30-45(43)56-46(53)31-41-49(57)42(50(41)58)32-47-54(3,4)48-39-20-11-21-40(38(39)24-25-44(48)55-47)52(60)62-27-13-19-34-16-9-6-10-17-34/h5-11,14-17,20-25,28-32,55,57H,12-13,18-19,26-27H2,1-4H3/b41-31+,47-32+. The predicted molar refractivity (Wildman–Crippen MR) is 246 cm³/mol. The van der Waals surface area contributed by atoms with E-state index in [-0.39, 0.29) is 34.6 Å². The molecule has 8 heteroatoms. The number of nitrogens with one attached hydrogen (secondary N) is 1. The Morgan fingerprint density at radius 3 is 2.05 bits per heavy atom. The lowest BCUT2D eigenvalue weighted by molar-refractivity contribution is -0.113. The highest BCUT2D eigenvalue weighted by molar-refractivity contribution is 6.25. The normalized spacial score (nSPS) is 17.2. The van der Waals surface area contributed by atoms with Crippen LogP contribution in [0.5, 0.6) is 0 Å². The second kappa shape index (κ2) is 16.1. The maximum absolute atomic E-state index is 13.8. The molecule has 6 aromatic carbocycles. The highest BCUT2D eigenvalue weighted by Gasteiger charge is 2.42. The van der Waals surface area contributed by atoms with Crippen LogP contribution in [0.1, 0.15) is 83.5 Å². The van der Waals surface area contributed by atoms with Gasteiger partial charge in [0, 0.05) is 22.2 Å². The number of hydrogen-bond donors (Lipinski definition) is 2. The Hall–Kier alpha value is -7.06. The maximum Gasteiger partial charge on any atom is 0.338 e. The minimum atomic E-state index is -0.583. The molecule has 0 spiro atoms. The van der Waals surface area contributed by atoms with Crippen LogP contribution in [0.25, 0.3) is 21.5 Å². The van der Waals surface area contributed by atoms with E-state index in [2.05, 4.69) is 63.3 Å². The zero-order valence-electron chi connectivity index (χ0n) is 35.4. The van der Waals surface area contributed by atoms with Crippen molar-refractivity contribution in [2.75, 3.05) is 18.5 Å². The third kappa shape index (κ3) is 7.40. The lowest BCUT2D eigenvalue weighted by atomic mass is 9.77. The monoisotopic (exact) mass is 820 g/mol. The summed E-state index contributed by atoms with van der Waals surface area (Å²) in [6.45, 7) is 8.90. The average molecular weight is 821 g/mol. The molecular weight excluding hydrogens is 773 g/mol. The highest BCUT2D eigenvalue weighted by Crippen LogP contribution is 2.49. The van der Waals surface area contributed by atoms with E-state index in [0.29, 0.717) is 30.1 Å². The van der Waals surface area contributed by atoms with Crippen molar-refractivity contribution in [3.63, 3.8) is 0 Å². The molecule has 9 rings (SSSR count). The van der Waals surface area contributed by atoms with Crippen molar-refractivity contribution >= 4 is 56.4 Å². The fraction of sp³-hybridized carbons (Fsp3) is 0.222. The van der Waals surface area contributed by atoms with Gasteiger partial charge in [0.25, 0.3) is 0 Å². The third-order valence-corrected chi connectivity index (χ3v) is 12.5. The van der Waals surface area contributed by atoms with E-state index in [1.165, 1.54) is 11.1 Å². The van der Waals surface area contributed by atoms with Crippen molar-refractivity contribution in [1.82, 2.24) is 0 Å². The molecule has 0 bridgehead atoms. The number of carbonyl (C=O) groups excluding carboxylic acids is 3. The van der Waals surface area contributed by atoms with Crippen LogP contribution in [0, 0.1) is 0 Å². The van der Waals surface area contributed by atoms with E-state index in [0.717, 1.165) is 75.4 Å². The molecule has 0 unspecified atom stereocenters. The number of carbonyl (C=O) groups is 3. The lowest BCUT2D eigenvalue weighted by Crippen LogP contribution is -2.28. The zero-order chi connectivity index (χ0) is 43.2. The molecule has 8 nitrogen and oxygen atoms in total. The molecule has 2 N–H and O–H groups in total. The Morgan fingerprint density at radius 2 is 1.37 bits per heavy atom. The molecule has 0 amide bonds. The van der Waals surface area contributed by atoms with Gasteiger partial charge in [-0.05, 0) is 118 Å². The first kappa shape index (κ1) is 40.4. The van der Waals surface area contributed by atoms with E-state index in [4.69, 9.17) is 14.5 Å². The lowest BCUT2D eigenvalue weighted by Gasteiger charge is -2.26. The summed E-state index contributed by atoms with van der Waals surface area (Å²) in [6, 6.07) is 39.4. The van der Waals surface area contributed by atoms with Crippen molar-refractivity contribution in [1.29, 1.82) is 0 Å². The van der Waals surface area contributed by atoms with Crippen molar-refractivity contribution in [2.45, 2.75) is 64.2 Å². The van der Waals surface area contributed by atoms with Crippen LogP contribution in [-0.4, -0.2) is 41.8 Å². The number of esters is 2. The minimum absolute atomic E-state index is 0.0789. The Bertz CT molecular complexity index is 2940. The smallest absolute Gasteiger partial charge is 0.338 e. The van der Waals surface area contributed by atoms with Crippen molar-refractivity contribution in [3.05, 3.63) is 189 Å². The molecule has 62 heavy (non-hydrogen) atoms. The van der Waals surface area contributed by atoms with Gasteiger partial charge in [0.15, 0.2) is 0 Å². The SMILES string of the molecule is CC1(C)C(/C=C2/C(=O)C(/C=C3/Nc4ccc5c(C(=O)OCCCc6ccccc6)cccc5c4C3(C)C)=C2O)=Nc2cc3cc(C(=O)OCCCc4ccccc4)ccc3cc21. The van der Waals surface area contributed by atoms with Gasteiger partial charge in [0.2, 0.25) is 5.78 Å². The van der Waals surface area contributed by atoms with E-state index in [9.17, 15) is 19.5 Å². The molecule has 3 aliphatic rings.